The van der Waals surface area contributed by atoms with E-state index in [4.69, 9.17) is 13.8 Å². The monoisotopic (exact) mass is 653 g/mol. The van der Waals surface area contributed by atoms with Crippen molar-refractivity contribution in [3.8, 4) is 39.3 Å². The van der Waals surface area contributed by atoms with Gasteiger partial charge < -0.3 is 13.4 Å². The van der Waals surface area contributed by atoms with Crippen molar-refractivity contribution in [3.05, 3.63) is 164 Å². The largest absolute Gasteiger partial charge is 0.456 e. The summed E-state index contributed by atoms with van der Waals surface area (Å²) in [7, 11) is 0. The molecule has 0 spiro atoms. The van der Waals surface area contributed by atoms with E-state index < -0.39 is 0 Å². The number of furan rings is 2. The SMILES string of the molecule is c1ccc(-c2cncc(-c3ccc(-n4c5ccc(-c6ccc7c(c6)oc6ccccc67)cc5c5ccc6oc7ccccc7c6c54)cc3)n2)cc1. The lowest BCUT2D eigenvalue weighted by Crippen LogP contribution is -1.95. The smallest absolute Gasteiger partial charge is 0.137 e. The molecule has 5 nitrogen and oxygen atoms in total. The summed E-state index contributed by atoms with van der Waals surface area (Å²) in [5, 5.41) is 6.81. The van der Waals surface area contributed by atoms with Gasteiger partial charge in [-0.1, -0.05) is 91.0 Å². The van der Waals surface area contributed by atoms with Crippen LogP contribution in [0.2, 0.25) is 0 Å². The second-order valence-electron chi connectivity index (χ2n) is 13.0. The molecule has 0 unspecified atom stereocenters. The van der Waals surface area contributed by atoms with E-state index in [0.717, 1.165) is 94.2 Å². The van der Waals surface area contributed by atoms with Crippen LogP contribution in [0.3, 0.4) is 0 Å². The van der Waals surface area contributed by atoms with E-state index in [1.165, 1.54) is 10.8 Å². The van der Waals surface area contributed by atoms with E-state index in [0.29, 0.717) is 0 Å². The predicted molar refractivity (Wildman–Crippen MR) is 207 cm³/mol. The van der Waals surface area contributed by atoms with Crippen LogP contribution in [0.15, 0.2) is 173 Å². The molecule has 11 rings (SSSR count). The topological polar surface area (TPSA) is 57.0 Å². The maximum Gasteiger partial charge on any atom is 0.137 e. The third-order valence-electron chi connectivity index (χ3n) is 10.1. The molecule has 51 heavy (non-hydrogen) atoms. The zero-order chi connectivity index (χ0) is 33.5. The Morgan fingerprint density at radius 3 is 1.84 bits per heavy atom. The lowest BCUT2D eigenvalue weighted by atomic mass is 10.0. The molecule has 0 bridgehead atoms. The van der Waals surface area contributed by atoms with E-state index in [1.54, 1.807) is 0 Å². The van der Waals surface area contributed by atoms with Crippen molar-refractivity contribution in [2.75, 3.05) is 0 Å². The van der Waals surface area contributed by atoms with Gasteiger partial charge in [0.05, 0.1) is 40.2 Å². The number of hydrogen-bond donors (Lipinski definition) is 0. The summed E-state index contributed by atoms with van der Waals surface area (Å²) >= 11 is 0. The highest BCUT2D eigenvalue weighted by molar-refractivity contribution is 6.25. The number of para-hydroxylation sites is 2. The number of aromatic nitrogens is 3. The molecule has 11 aromatic rings. The molecule has 0 aliphatic heterocycles. The highest BCUT2D eigenvalue weighted by atomic mass is 16.3. The maximum atomic E-state index is 6.39. The van der Waals surface area contributed by atoms with Gasteiger partial charge in [-0.3, -0.25) is 4.98 Å². The molecule has 0 saturated carbocycles. The van der Waals surface area contributed by atoms with Crippen LogP contribution in [0, 0.1) is 0 Å². The van der Waals surface area contributed by atoms with Gasteiger partial charge in [0.15, 0.2) is 0 Å². The molecule has 0 aliphatic rings. The fourth-order valence-electron chi connectivity index (χ4n) is 7.70. The first-order valence-electron chi connectivity index (χ1n) is 17.1. The molecular formula is C46H27N3O2. The van der Waals surface area contributed by atoms with Gasteiger partial charge in [0.25, 0.3) is 0 Å². The standard InChI is InChI=1S/C46H27N3O2/c1-2-8-28(9-3-1)38-26-47-27-39(48-38)29-14-18-32(19-15-29)49-40-22-17-30(31-16-20-34-33-10-4-6-12-41(33)51-44(34)25-31)24-37(40)35-21-23-43-45(46(35)49)36-11-5-7-13-42(36)50-43/h1-27H. The van der Waals surface area contributed by atoms with Crippen molar-refractivity contribution in [3.63, 3.8) is 0 Å². The van der Waals surface area contributed by atoms with Gasteiger partial charge in [0.1, 0.15) is 22.3 Å². The highest BCUT2D eigenvalue weighted by Gasteiger charge is 2.20. The molecule has 0 atom stereocenters. The van der Waals surface area contributed by atoms with Crippen molar-refractivity contribution in [1.82, 2.24) is 14.5 Å². The summed E-state index contributed by atoms with van der Waals surface area (Å²) in [6, 6.07) is 52.9. The Morgan fingerprint density at radius 1 is 0.412 bits per heavy atom. The third-order valence-corrected chi connectivity index (χ3v) is 10.1. The molecule has 0 radical (unpaired) electrons. The number of fused-ring (bicyclic) bond motifs is 10. The van der Waals surface area contributed by atoms with Crippen LogP contribution < -0.4 is 0 Å². The molecule has 0 aliphatic carbocycles. The van der Waals surface area contributed by atoms with E-state index >= 15 is 0 Å². The van der Waals surface area contributed by atoms with Crippen LogP contribution in [-0.4, -0.2) is 14.5 Å². The van der Waals surface area contributed by atoms with E-state index in [-0.39, 0.29) is 0 Å². The number of rotatable bonds is 4. The molecule has 238 valence electrons. The van der Waals surface area contributed by atoms with Gasteiger partial charge in [-0.05, 0) is 71.8 Å². The van der Waals surface area contributed by atoms with Crippen molar-refractivity contribution in [1.29, 1.82) is 0 Å². The van der Waals surface area contributed by atoms with Crippen molar-refractivity contribution < 1.29 is 8.83 Å². The first kappa shape index (κ1) is 27.9. The molecule has 4 aromatic heterocycles. The number of nitrogens with zero attached hydrogens (tertiary/aromatic N) is 3. The number of hydrogen-bond acceptors (Lipinski definition) is 4. The van der Waals surface area contributed by atoms with Gasteiger partial charge in [-0.25, -0.2) is 4.98 Å². The Bertz CT molecular complexity index is 3130. The van der Waals surface area contributed by atoms with Crippen LogP contribution in [0.1, 0.15) is 0 Å². The van der Waals surface area contributed by atoms with Crippen molar-refractivity contribution in [2.24, 2.45) is 0 Å². The Labute approximate surface area is 291 Å². The zero-order valence-electron chi connectivity index (χ0n) is 27.2. The van der Waals surface area contributed by atoms with Gasteiger partial charge >= 0.3 is 0 Å². The molecule has 5 heteroatoms. The molecule has 0 N–H and O–H groups in total. The van der Waals surface area contributed by atoms with E-state index in [9.17, 15) is 0 Å². The maximum absolute atomic E-state index is 6.39. The van der Waals surface area contributed by atoms with Crippen LogP contribution in [0.25, 0.3) is 105 Å². The fourth-order valence-corrected chi connectivity index (χ4v) is 7.70. The van der Waals surface area contributed by atoms with E-state index in [2.05, 4.69) is 119 Å². The van der Waals surface area contributed by atoms with Gasteiger partial charge in [-0.15, -0.1) is 0 Å². The van der Waals surface area contributed by atoms with Gasteiger partial charge in [0.2, 0.25) is 0 Å². The lowest BCUT2D eigenvalue weighted by Gasteiger charge is -2.11. The zero-order valence-corrected chi connectivity index (χ0v) is 27.2. The minimum atomic E-state index is 0.833. The van der Waals surface area contributed by atoms with Crippen molar-refractivity contribution in [2.45, 2.75) is 0 Å². The summed E-state index contributed by atoms with van der Waals surface area (Å²) in [5.41, 5.74) is 12.8. The fraction of sp³-hybridized carbons (Fsp3) is 0. The summed E-state index contributed by atoms with van der Waals surface area (Å²) in [5.74, 6) is 0. The minimum absolute atomic E-state index is 0.833. The Balaban J connectivity index is 1.11. The molecule has 0 amide bonds. The average Bonchev–Trinajstić information content (AvgIpc) is 3.87. The minimum Gasteiger partial charge on any atom is -0.456 e. The quantitative estimate of drug-likeness (QED) is 0.190. The van der Waals surface area contributed by atoms with Crippen LogP contribution >= 0.6 is 0 Å². The average molecular weight is 654 g/mol. The van der Waals surface area contributed by atoms with Gasteiger partial charge in [0, 0.05) is 43.7 Å². The molecule has 7 aromatic carbocycles. The summed E-state index contributed by atoms with van der Waals surface area (Å²) in [6.07, 6.45) is 3.64. The first-order valence-corrected chi connectivity index (χ1v) is 17.1. The summed E-state index contributed by atoms with van der Waals surface area (Å²) in [6.45, 7) is 0. The Kier molecular flexibility index (Phi) is 5.89. The Morgan fingerprint density at radius 2 is 1.02 bits per heavy atom. The molecular weight excluding hydrogens is 627 g/mol. The number of benzene rings is 7. The van der Waals surface area contributed by atoms with E-state index in [1.807, 2.05) is 54.9 Å². The Hall–Kier alpha value is -6.98. The normalized spacial score (nSPS) is 11.9. The van der Waals surface area contributed by atoms with Crippen LogP contribution in [-0.2, 0) is 0 Å². The van der Waals surface area contributed by atoms with Crippen LogP contribution in [0.5, 0.6) is 0 Å². The second kappa shape index (κ2) is 10.8. The van der Waals surface area contributed by atoms with Crippen LogP contribution in [0.4, 0.5) is 0 Å². The highest BCUT2D eigenvalue weighted by Crippen LogP contribution is 2.42. The second-order valence-corrected chi connectivity index (χ2v) is 13.0. The third kappa shape index (κ3) is 4.28. The first-order chi connectivity index (χ1) is 25.3. The van der Waals surface area contributed by atoms with Crippen molar-refractivity contribution >= 4 is 65.7 Å². The molecule has 0 fully saturated rings. The van der Waals surface area contributed by atoms with Gasteiger partial charge in [-0.2, -0.15) is 0 Å². The predicted octanol–water partition coefficient (Wildman–Crippen LogP) is 12.4. The lowest BCUT2D eigenvalue weighted by molar-refractivity contribution is 0.668. The molecule has 0 saturated heterocycles. The summed E-state index contributed by atoms with van der Waals surface area (Å²) < 4.78 is 15.0. The molecule has 4 heterocycles. The summed E-state index contributed by atoms with van der Waals surface area (Å²) in [4.78, 5) is 9.48.